The molecule has 0 aliphatic carbocycles. The van der Waals surface area contributed by atoms with Crippen molar-refractivity contribution in [2.24, 2.45) is 0 Å². The molecule has 0 amide bonds. The average Bonchev–Trinajstić information content (AvgIpc) is 2.53. The highest BCUT2D eigenvalue weighted by molar-refractivity contribution is 9.10. The van der Waals surface area contributed by atoms with Crippen LogP contribution in [0.25, 0.3) is 10.8 Å². The molecule has 3 rings (SSSR count). The Bertz CT molecular complexity index is 737. The van der Waals surface area contributed by atoms with Gasteiger partial charge in [0.2, 0.25) is 0 Å². The summed E-state index contributed by atoms with van der Waals surface area (Å²) >= 11 is 3.52. The zero-order valence-corrected chi connectivity index (χ0v) is 13.6. The molecule has 0 radical (unpaired) electrons. The molecule has 0 saturated carbocycles. The van der Waals surface area contributed by atoms with Gasteiger partial charge in [0.15, 0.2) is 0 Å². The maximum absolute atomic E-state index is 3.64. The normalized spacial score (nSPS) is 12.3. The Kier molecular flexibility index (Phi) is 4.26. The van der Waals surface area contributed by atoms with Gasteiger partial charge in [-0.25, -0.2) is 0 Å². The Morgan fingerprint density at radius 1 is 0.905 bits per heavy atom. The molecule has 0 aromatic heterocycles. The van der Waals surface area contributed by atoms with E-state index < -0.39 is 0 Å². The molecule has 1 unspecified atom stereocenters. The smallest absolute Gasteiger partial charge is 0.0511 e. The fraction of sp³-hybridized carbons (Fsp3) is 0.158. The van der Waals surface area contributed by atoms with Crippen LogP contribution in [-0.4, -0.2) is 0 Å². The van der Waals surface area contributed by atoms with E-state index in [4.69, 9.17) is 0 Å². The van der Waals surface area contributed by atoms with Crippen LogP contribution >= 0.6 is 15.9 Å². The Labute approximate surface area is 134 Å². The SMILES string of the molecule is CCC(Nc1ccc2cc(Br)ccc2c1)c1ccccc1. The Balaban J connectivity index is 1.88. The highest BCUT2D eigenvalue weighted by Crippen LogP contribution is 2.26. The second-order valence-corrected chi connectivity index (χ2v) is 6.14. The molecule has 106 valence electrons. The lowest BCUT2D eigenvalue weighted by Crippen LogP contribution is -2.09. The first-order valence-corrected chi connectivity index (χ1v) is 8.06. The molecule has 0 aliphatic heterocycles. The zero-order chi connectivity index (χ0) is 14.7. The number of halogens is 1. The van der Waals surface area contributed by atoms with Gasteiger partial charge in [-0.1, -0.05) is 65.3 Å². The maximum Gasteiger partial charge on any atom is 0.0511 e. The number of hydrogen-bond acceptors (Lipinski definition) is 1. The largest absolute Gasteiger partial charge is 0.378 e. The summed E-state index contributed by atoms with van der Waals surface area (Å²) in [5.41, 5.74) is 2.50. The maximum atomic E-state index is 3.64. The van der Waals surface area contributed by atoms with E-state index in [-0.39, 0.29) is 0 Å². The highest BCUT2D eigenvalue weighted by atomic mass is 79.9. The van der Waals surface area contributed by atoms with Gasteiger partial charge in [0.05, 0.1) is 6.04 Å². The zero-order valence-electron chi connectivity index (χ0n) is 12.0. The first-order valence-electron chi connectivity index (χ1n) is 7.27. The number of benzene rings is 3. The molecule has 2 heteroatoms. The van der Waals surface area contributed by atoms with Crippen molar-refractivity contribution in [3.63, 3.8) is 0 Å². The van der Waals surface area contributed by atoms with E-state index in [0.29, 0.717) is 6.04 Å². The molecule has 1 N–H and O–H groups in total. The number of hydrogen-bond donors (Lipinski definition) is 1. The number of rotatable bonds is 4. The molecule has 1 nitrogen and oxygen atoms in total. The topological polar surface area (TPSA) is 12.0 Å². The molecule has 3 aromatic carbocycles. The predicted octanol–water partition coefficient (Wildman–Crippen LogP) is 6.17. The van der Waals surface area contributed by atoms with E-state index in [9.17, 15) is 0 Å². The van der Waals surface area contributed by atoms with Crippen molar-refractivity contribution in [3.8, 4) is 0 Å². The minimum absolute atomic E-state index is 0.346. The number of fused-ring (bicyclic) bond motifs is 1. The lowest BCUT2D eigenvalue weighted by Gasteiger charge is -2.19. The number of nitrogens with one attached hydrogen (secondary N) is 1. The minimum atomic E-state index is 0.346. The van der Waals surface area contributed by atoms with E-state index in [1.165, 1.54) is 22.0 Å². The fourth-order valence-electron chi connectivity index (χ4n) is 2.61. The van der Waals surface area contributed by atoms with Gasteiger partial charge in [-0.3, -0.25) is 0 Å². The standard InChI is InChI=1S/C19H18BrN/c1-2-19(14-6-4-3-5-7-14)21-18-11-9-15-12-17(20)10-8-16(15)13-18/h3-13,19,21H,2H2,1H3. The molecule has 0 bridgehead atoms. The molecule has 0 saturated heterocycles. The lowest BCUT2D eigenvalue weighted by molar-refractivity contribution is 0.750. The van der Waals surface area contributed by atoms with Crippen molar-refractivity contribution in [1.82, 2.24) is 0 Å². The van der Waals surface area contributed by atoms with Gasteiger partial charge < -0.3 is 5.32 Å². The Morgan fingerprint density at radius 2 is 1.62 bits per heavy atom. The van der Waals surface area contributed by atoms with Crippen molar-refractivity contribution < 1.29 is 0 Å². The van der Waals surface area contributed by atoms with Crippen molar-refractivity contribution in [3.05, 3.63) is 76.8 Å². The van der Waals surface area contributed by atoms with Crippen LogP contribution in [0.2, 0.25) is 0 Å². The van der Waals surface area contributed by atoms with Crippen LogP contribution < -0.4 is 5.32 Å². The Hall–Kier alpha value is -1.80. The van der Waals surface area contributed by atoms with Gasteiger partial charge in [-0.05, 0) is 47.0 Å². The van der Waals surface area contributed by atoms with Gasteiger partial charge in [0, 0.05) is 10.2 Å². The van der Waals surface area contributed by atoms with Crippen LogP contribution in [0.15, 0.2) is 71.2 Å². The van der Waals surface area contributed by atoms with Crippen LogP contribution in [0.3, 0.4) is 0 Å². The van der Waals surface area contributed by atoms with Crippen LogP contribution in [0, 0.1) is 0 Å². The van der Waals surface area contributed by atoms with E-state index >= 15 is 0 Å². The average molecular weight is 340 g/mol. The first-order chi connectivity index (χ1) is 10.3. The van der Waals surface area contributed by atoms with E-state index in [1.807, 2.05) is 0 Å². The fourth-order valence-corrected chi connectivity index (χ4v) is 2.99. The summed E-state index contributed by atoms with van der Waals surface area (Å²) in [6, 6.07) is 23.9. The summed E-state index contributed by atoms with van der Waals surface area (Å²) in [6.07, 6.45) is 1.06. The van der Waals surface area contributed by atoms with E-state index in [1.54, 1.807) is 0 Å². The molecule has 0 heterocycles. The quantitative estimate of drug-likeness (QED) is 0.599. The van der Waals surface area contributed by atoms with Crippen molar-refractivity contribution >= 4 is 32.4 Å². The van der Waals surface area contributed by atoms with Crippen LogP contribution in [0.1, 0.15) is 24.9 Å². The molecule has 0 fully saturated rings. The van der Waals surface area contributed by atoms with E-state index in [2.05, 4.69) is 94.9 Å². The first kappa shape index (κ1) is 14.2. The monoisotopic (exact) mass is 339 g/mol. The predicted molar refractivity (Wildman–Crippen MR) is 94.7 cm³/mol. The van der Waals surface area contributed by atoms with E-state index in [0.717, 1.165) is 10.9 Å². The second-order valence-electron chi connectivity index (χ2n) is 5.22. The van der Waals surface area contributed by atoms with Crippen LogP contribution in [0.4, 0.5) is 5.69 Å². The van der Waals surface area contributed by atoms with Gasteiger partial charge >= 0.3 is 0 Å². The lowest BCUT2D eigenvalue weighted by atomic mass is 10.0. The Morgan fingerprint density at radius 3 is 2.38 bits per heavy atom. The summed E-state index contributed by atoms with van der Waals surface area (Å²) in [4.78, 5) is 0. The van der Waals surface area contributed by atoms with Gasteiger partial charge in [0.25, 0.3) is 0 Å². The molecule has 0 spiro atoms. The summed E-state index contributed by atoms with van der Waals surface area (Å²) in [7, 11) is 0. The van der Waals surface area contributed by atoms with Crippen molar-refractivity contribution in [1.29, 1.82) is 0 Å². The molecule has 21 heavy (non-hydrogen) atoms. The van der Waals surface area contributed by atoms with Gasteiger partial charge in [0.1, 0.15) is 0 Å². The minimum Gasteiger partial charge on any atom is -0.378 e. The summed E-state index contributed by atoms with van der Waals surface area (Å²) < 4.78 is 1.12. The number of anilines is 1. The summed E-state index contributed by atoms with van der Waals surface area (Å²) in [5, 5.41) is 6.15. The summed E-state index contributed by atoms with van der Waals surface area (Å²) in [6.45, 7) is 2.21. The van der Waals surface area contributed by atoms with Gasteiger partial charge in [-0.15, -0.1) is 0 Å². The molecular weight excluding hydrogens is 322 g/mol. The third-order valence-electron chi connectivity index (χ3n) is 3.75. The molecular formula is C19H18BrN. The molecule has 3 aromatic rings. The van der Waals surface area contributed by atoms with Gasteiger partial charge in [-0.2, -0.15) is 0 Å². The summed E-state index contributed by atoms with van der Waals surface area (Å²) in [5.74, 6) is 0. The van der Waals surface area contributed by atoms with Crippen molar-refractivity contribution in [2.75, 3.05) is 5.32 Å². The molecule has 0 aliphatic rings. The van der Waals surface area contributed by atoms with Crippen LogP contribution in [-0.2, 0) is 0 Å². The molecule has 1 atom stereocenters. The third kappa shape index (κ3) is 3.27. The van der Waals surface area contributed by atoms with Crippen LogP contribution in [0.5, 0.6) is 0 Å². The second kappa shape index (κ2) is 6.31. The third-order valence-corrected chi connectivity index (χ3v) is 4.25. The highest BCUT2D eigenvalue weighted by Gasteiger charge is 2.08. The van der Waals surface area contributed by atoms with Crippen molar-refractivity contribution in [2.45, 2.75) is 19.4 Å².